The molecule has 4 rings (SSSR count). The molecular formula is C19H26O4. The third-order valence-electron chi connectivity index (χ3n) is 7.30. The first-order chi connectivity index (χ1) is 10.8. The summed E-state index contributed by atoms with van der Waals surface area (Å²) in [6.07, 6.45) is 6.77. The number of allylic oxidation sites excluding steroid dienone is 2. The van der Waals surface area contributed by atoms with Gasteiger partial charge in [-0.2, -0.15) is 0 Å². The van der Waals surface area contributed by atoms with Crippen molar-refractivity contribution in [3.05, 3.63) is 11.6 Å². The molecular weight excluding hydrogens is 292 g/mol. The number of aliphatic hydroxyl groups excluding tert-OH is 1. The molecule has 0 bridgehead atoms. The zero-order valence-corrected chi connectivity index (χ0v) is 14.0. The Bertz CT molecular complexity index is 594. The zero-order chi connectivity index (χ0) is 16.4. The van der Waals surface area contributed by atoms with Crippen molar-refractivity contribution in [2.24, 2.45) is 23.2 Å². The molecule has 0 amide bonds. The lowest BCUT2D eigenvalue weighted by molar-refractivity contribution is -0.215. The summed E-state index contributed by atoms with van der Waals surface area (Å²) in [5.41, 5.74) is 0.887. The first-order valence-corrected chi connectivity index (χ1v) is 8.97. The summed E-state index contributed by atoms with van der Waals surface area (Å²) >= 11 is 0. The standard InChI is InChI=1S/C19H26O4/c1-18-7-5-12(20)9-11(18)3-4-13-14(18)6-8-19(2)17(13)15(21)10-16(22)23-19/h9,13-15,17,21H,3-8,10H2,1-2H3/t13-,14+,15+,17-,18+,19+/m1/s1. The Morgan fingerprint density at radius 2 is 1.96 bits per heavy atom. The minimum absolute atomic E-state index is 0.0370. The quantitative estimate of drug-likeness (QED) is 0.698. The fourth-order valence-electron chi connectivity index (χ4n) is 6.19. The molecule has 4 nitrogen and oxygen atoms in total. The number of fused-ring (bicyclic) bond motifs is 5. The van der Waals surface area contributed by atoms with Crippen LogP contribution in [0.4, 0.5) is 0 Å². The Labute approximate surface area is 137 Å². The molecule has 126 valence electrons. The predicted octanol–water partition coefficient (Wildman–Crippen LogP) is 2.78. The van der Waals surface area contributed by atoms with Crippen molar-refractivity contribution in [1.82, 2.24) is 0 Å². The van der Waals surface area contributed by atoms with E-state index in [1.54, 1.807) is 0 Å². The van der Waals surface area contributed by atoms with Crippen molar-refractivity contribution in [2.45, 2.75) is 70.5 Å². The first-order valence-electron chi connectivity index (χ1n) is 8.97. The Hall–Kier alpha value is -1.16. The van der Waals surface area contributed by atoms with Crippen molar-refractivity contribution in [2.75, 3.05) is 0 Å². The van der Waals surface area contributed by atoms with E-state index in [-0.39, 0.29) is 29.5 Å². The molecule has 0 aromatic rings. The van der Waals surface area contributed by atoms with Crippen LogP contribution in [0.2, 0.25) is 0 Å². The largest absolute Gasteiger partial charge is 0.459 e. The van der Waals surface area contributed by atoms with Gasteiger partial charge in [-0.15, -0.1) is 0 Å². The lowest BCUT2D eigenvalue weighted by Gasteiger charge is -2.60. The van der Waals surface area contributed by atoms with Gasteiger partial charge in [0.1, 0.15) is 5.60 Å². The van der Waals surface area contributed by atoms with Crippen LogP contribution < -0.4 is 0 Å². The molecule has 1 saturated heterocycles. The summed E-state index contributed by atoms with van der Waals surface area (Å²) in [5, 5.41) is 10.6. The summed E-state index contributed by atoms with van der Waals surface area (Å²) in [5.74, 6) is 0.908. The third kappa shape index (κ3) is 2.14. The minimum Gasteiger partial charge on any atom is -0.459 e. The molecule has 6 atom stereocenters. The van der Waals surface area contributed by atoms with Crippen LogP contribution >= 0.6 is 0 Å². The Morgan fingerprint density at radius 3 is 2.74 bits per heavy atom. The lowest BCUT2D eigenvalue weighted by atomic mass is 9.48. The highest BCUT2D eigenvalue weighted by molar-refractivity contribution is 5.91. The predicted molar refractivity (Wildman–Crippen MR) is 84.5 cm³/mol. The van der Waals surface area contributed by atoms with Crippen molar-refractivity contribution in [3.63, 3.8) is 0 Å². The molecule has 0 aromatic carbocycles. The summed E-state index contributed by atoms with van der Waals surface area (Å²) in [7, 11) is 0. The smallest absolute Gasteiger partial charge is 0.308 e. The van der Waals surface area contributed by atoms with E-state index in [2.05, 4.69) is 6.92 Å². The lowest BCUT2D eigenvalue weighted by Crippen LogP contribution is -2.61. The van der Waals surface area contributed by atoms with Gasteiger partial charge in [0.25, 0.3) is 0 Å². The Morgan fingerprint density at radius 1 is 1.17 bits per heavy atom. The molecule has 0 spiro atoms. The van der Waals surface area contributed by atoms with Crippen LogP contribution in [-0.4, -0.2) is 28.6 Å². The number of ether oxygens (including phenoxy) is 1. The molecule has 1 aliphatic heterocycles. The van der Waals surface area contributed by atoms with E-state index >= 15 is 0 Å². The molecule has 3 fully saturated rings. The van der Waals surface area contributed by atoms with Crippen LogP contribution in [0.1, 0.15) is 58.8 Å². The third-order valence-corrected chi connectivity index (χ3v) is 7.30. The Balaban J connectivity index is 1.70. The van der Waals surface area contributed by atoms with Gasteiger partial charge in [-0.05, 0) is 62.4 Å². The van der Waals surface area contributed by atoms with Crippen molar-refractivity contribution in [1.29, 1.82) is 0 Å². The van der Waals surface area contributed by atoms with Gasteiger partial charge in [-0.1, -0.05) is 12.5 Å². The monoisotopic (exact) mass is 318 g/mol. The van der Waals surface area contributed by atoms with Crippen LogP contribution in [0.15, 0.2) is 11.6 Å². The minimum atomic E-state index is -0.589. The molecule has 3 aliphatic carbocycles. The molecule has 1 N–H and O–H groups in total. The SMILES string of the molecule is C[C@]12CCC(=O)C=C1CC[C@H]1[C@@H]3[C@@H](O)CC(=O)O[C@@]3(C)CC[C@@H]12. The van der Waals surface area contributed by atoms with Gasteiger partial charge < -0.3 is 9.84 Å². The summed E-state index contributed by atoms with van der Waals surface area (Å²) in [6.45, 7) is 4.32. The maximum atomic E-state index is 11.8. The van der Waals surface area contributed by atoms with Gasteiger partial charge in [0.05, 0.1) is 12.5 Å². The molecule has 1 heterocycles. The first kappa shape index (κ1) is 15.4. The number of aliphatic hydroxyl groups is 1. The second kappa shape index (κ2) is 4.92. The van der Waals surface area contributed by atoms with Gasteiger partial charge in [-0.3, -0.25) is 9.59 Å². The average molecular weight is 318 g/mol. The van der Waals surface area contributed by atoms with E-state index in [9.17, 15) is 14.7 Å². The fraction of sp³-hybridized carbons (Fsp3) is 0.789. The number of hydrogen-bond donors (Lipinski definition) is 1. The van der Waals surface area contributed by atoms with Gasteiger partial charge in [0, 0.05) is 12.3 Å². The molecule has 4 aliphatic rings. The molecule has 0 aromatic heterocycles. The summed E-state index contributed by atoms with van der Waals surface area (Å²) < 4.78 is 5.72. The van der Waals surface area contributed by atoms with Crippen LogP contribution in [0, 0.1) is 23.2 Å². The van der Waals surface area contributed by atoms with Gasteiger partial charge >= 0.3 is 5.97 Å². The number of rotatable bonds is 0. The number of carbonyl (C=O) groups is 2. The van der Waals surface area contributed by atoms with E-state index in [0.29, 0.717) is 18.3 Å². The molecule has 2 saturated carbocycles. The van der Waals surface area contributed by atoms with E-state index in [0.717, 1.165) is 32.1 Å². The summed E-state index contributed by atoms with van der Waals surface area (Å²) in [4.78, 5) is 23.6. The van der Waals surface area contributed by atoms with Crippen molar-refractivity contribution in [3.8, 4) is 0 Å². The highest BCUT2D eigenvalue weighted by atomic mass is 16.6. The molecule has 23 heavy (non-hydrogen) atoms. The number of ketones is 1. The van der Waals surface area contributed by atoms with E-state index < -0.39 is 11.7 Å². The van der Waals surface area contributed by atoms with Crippen LogP contribution in [0.3, 0.4) is 0 Å². The molecule has 4 heteroatoms. The highest BCUT2D eigenvalue weighted by Gasteiger charge is 2.59. The van der Waals surface area contributed by atoms with Crippen LogP contribution in [0.5, 0.6) is 0 Å². The van der Waals surface area contributed by atoms with Gasteiger partial charge in [0.2, 0.25) is 0 Å². The van der Waals surface area contributed by atoms with Crippen molar-refractivity contribution >= 4 is 11.8 Å². The van der Waals surface area contributed by atoms with E-state index in [1.807, 2.05) is 13.0 Å². The maximum absolute atomic E-state index is 11.8. The second-order valence-electron chi connectivity index (χ2n) is 8.49. The van der Waals surface area contributed by atoms with Gasteiger partial charge in [0.15, 0.2) is 5.78 Å². The molecule has 0 radical (unpaired) electrons. The van der Waals surface area contributed by atoms with Crippen molar-refractivity contribution < 1.29 is 19.4 Å². The number of esters is 1. The number of hydrogen-bond acceptors (Lipinski definition) is 4. The normalized spacial score (nSPS) is 49.4. The van der Waals surface area contributed by atoms with Crippen LogP contribution in [-0.2, 0) is 14.3 Å². The van der Waals surface area contributed by atoms with E-state index in [1.165, 1.54) is 5.57 Å². The zero-order valence-electron chi connectivity index (χ0n) is 14.0. The summed E-state index contributed by atoms with van der Waals surface area (Å²) in [6, 6.07) is 0. The topological polar surface area (TPSA) is 63.6 Å². The average Bonchev–Trinajstić information content (AvgIpc) is 2.46. The van der Waals surface area contributed by atoms with Gasteiger partial charge in [-0.25, -0.2) is 0 Å². The maximum Gasteiger partial charge on any atom is 0.308 e. The van der Waals surface area contributed by atoms with Crippen LogP contribution in [0.25, 0.3) is 0 Å². The second-order valence-corrected chi connectivity index (χ2v) is 8.49. The Kier molecular flexibility index (Phi) is 3.29. The molecule has 0 unspecified atom stereocenters. The fourth-order valence-corrected chi connectivity index (χ4v) is 6.19. The number of carbonyl (C=O) groups excluding carboxylic acids is 2. The van der Waals surface area contributed by atoms with E-state index in [4.69, 9.17) is 4.74 Å². The highest BCUT2D eigenvalue weighted by Crippen LogP contribution is 2.61.